The summed E-state index contributed by atoms with van der Waals surface area (Å²) in [4.78, 5) is 8.11. The van der Waals surface area contributed by atoms with Crippen LogP contribution in [0, 0.1) is 6.92 Å². The number of pyridine rings is 2. The zero-order chi connectivity index (χ0) is 11.5. The second-order valence-corrected chi connectivity index (χ2v) is 3.64. The maximum Gasteiger partial charge on any atom is 0.222 e. The van der Waals surface area contributed by atoms with Crippen LogP contribution < -0.4 is 10.5 Å². The monoisotopic (exact) mass is 235 g/mol. The lowest BCUT2D eigenvalue weighted by Crippen LogP contribution is -1.94. The number of rotatable bonds is 2. The first-order valence-corrected chi connectivity index (χ1v) is 5.05. The summed E-state index contributed by atoms with van der Waals surface area (Å²) in [6.07, 6.45) is 1.70. The molecule has 2 heterocycles. The van der Waals surface area contributed by atoms with Crippen LogP contribution in [0.5, 0.6) is 11.6 Å². The van der Waals surface area contributed by atoms with Crippen LogP contribution >= 0.6 is 11.6 Å². The van der Waals surface area contributed by atoms with Crippen LogP contribution in [0.3, 0.4) is 0 Å². The highest BCUT2D eigenvalue weighted by Crippen LogP contribution is 2.24. The number of halogens is 1. The topological polar surface area (TPSA) is 61.0 Å². The zero-order valence-corrected chi connectivity index (χ0v) is 9.40. The van der Waals surface area contributed by atoms with Crippen molar-refractivity contribution in [2.24, 2.45) is 0 Å². The van der Waals surface area contributed by atoms with Crippen molar-refractivity contribution in [2.75, 3.05) is 5.73 Å². The Morgan fingerprint density at radius 3 is 2.88 bits per heavy atom. The number of nitrogen functional groups attached to an aromatic ring is 1. The van der Waals surface area contributed by atoms with Gasteiger partial charge in [0, 0.05) is 18.0 Å². The summed E-state index contributed by atoms with van der Waals surface area (Å²) in [6.45, 7) is 1.85. The Balaban J connectivity index is 2.30. The number of aromatic nitrogens is 2. The molecule has 82 valence electrons. The standard InChI is InChI=1S/C11H10ClN3O/c1-7-9(3-2-4-14-7)16-11-6-8(13)5-10(12)15-11/h2-6H,1H3,(H2,13,15). The van der Waals surface area contributed by atoms with Gasteiger partial charge in [-0.3, -0.25) is 4.98 Å². The summed E-state index contributed by atoms with van der Waals surface area (Å²) >= 11 is 5.77. The van der Waals surface area contributed by atoms with E-state index < -0.39 is 0 Å². The van der Waals surface area contributed by atoms with E-state index in [9.17, 15) is 0 Å². The molecule has 0 aliphatic rings. The van der Waals surface area contributed by atoms with E-state index in [4.69, 9.17) is 22.1 Å². The summed E-state index contributed by atoms with van der Waals surface area (Å²) in [6, 6.07) is 6.76. The molecule has 0 amide bonds. The molecule has 4 nitrogen and oxygen atoms in total. The number of nitrogens with two attached hydrogens (primary N) is 1. The van der Waals surface area contributed by atoms with Gasteiger partial charge in [0.15, 0.2) is 5.75 Å². The van der Waals surface area contributed by atoms with Crippen LogP contribution in [0.15, 0.2) is 30.5 Å². The molecule has 0 aliphatic heterocycles. The van der Waals surface area contributed by atoms with E-state index in [1.807, 2.05) is 6.92 Å². The third-order valence-corrected chi connectivity index (χ3v) is 2.16. The lowest BCUT2D eigenvalue weighted by atomic mass is 10.3. The Hall–Kier alpha value is -1.81. The minimum Gasteiger partial charge on any atom is -0.437 e. The normalized spacial score (nSPS) is 10.1. The van der Waals surface area contributed by atoms with Gasteiger partial charge in [-0.05, 0) is 25.1 Å². The molecule has 2 aromatic rings. The average molecular weight is 236 g/mol. The van der Waals surface area contributed by atoms with E-state index in [0.717, 1.165) is 5.69 Å². The SMILES string of the molecule is Cc1ncccc1Oc1cc(N)cc(Cl)n1. The smallest absolute Gasteiger partial charge is 0.222 e. The molecule has 0 atom stereocenters. The highest BCUT2D eigenvalue weighted by molar-refractivity contribution is 6.29. The van der Waals surface area contributed by atoms with Gasteiger partial charge in [-0.15, -0.1) is 0 Å². The number of hydrogen-bond acceptors (Lipinski definition) is 4. The predicted octanol–water partition coefficient (Wildman–Crippen LogP) is 2.81. The van der Waals surface area contributed by atoms with Gasteiger partial charge in [0.2, 0.25) is 5.88 Å². The fourth-order valence-corrected chi connectivity index (χ4v) is 1.44. The Morgan fingerprint density at radius 1 is 1.38 bits per heavy atom. The Kier molecular flexibility index (Phi) is 2.92. The number of ether oxygens (including phenoxy) is 1. The molecule has 0 fully saturated rings. The number of nitrogens with zero attached hydrogens (tertiary/aromatic N) is 2. The van der Waals surface area contributed by atoms with Crippen molar-refractivity contribution in [2.45, 2.75) is 6.92 Å². The van der Waals surface area contributed by atoms with Gasteiger partial charge in [0.05, 0.1) is 5.69 Å². The molecule has 0 unspecified atom stereocenters. The molecule has 16 heavy (non-hydrogen) atoms. The van der Waals surface area contributed by atoms with Crippen molar-refractivity contribution >= 4 is 17.3 Å². The van der Waals surface area contributed by atoms with E-state index in [1.165, 1.54) is 0 Å². The van der Waals surface area contributed by atoms with Crippen molar-refractivity contribution in [3.8, 4) is 11.6 Å². The quantitative estimate of drug-likeness (QED) is 0.813. The summed E-state index contributed by atoms with van der Waals surface area (Å²) in [7, 11) is 0. The molecule has 0 bridgehead atoms. The molecule has 0 saturated heterocycles. The molecular formula is C11H10ClN3O. The van der Waals surface area contributed by atoms with Crippen LogP contribution in [-0.4, -0.2) is 9.97 Å². The number of hydrogen-bond donors (Lipinski definition) is 1. The molecule has 2 rings (SSSR count). The van der Waals surface area contributed by atoms with Crippen LogP contribution in [0.1, 0.15) is 5.69 Å². The van der Waals surface area contributed by atoms with Gasteiger partial charge < -0.3 is 10.5 Å². The third kappa shape index (κ3) is 2.41. The fourth-order valence-electron chi connectivity index (χ4n) is 1.23. The van der Waals surface area contributed by atoms with Gasteiger partial charge >= 0.3 is 0 Å². The minimum absolute atomic E-state index is 0.302. The average Bonchev–Trinajstić information content (AvgIpc) is 2.20. The van der Waals surface area contributed by atoms with Gasteiger partial charge in [-0.2, -0.15) is 0 Å². The van der Waals surface area contributed by atoms with Crippen molar-refractivity contribution in [1.82, 2.24) is 9.97 Å². The first kappa shape index (κ1) is 10.7. The molecule has 0 spiro atoms. The summed E-state index contributed by atoms with van der Waals surface area (Å²) < 4.78 is 5.53. The Labute approximate surface area is 98.0 Å². The van der Waals surface area contributed by atoms with Crippen molar-refractivity contribution < 1.29 is 4.74 Å². The van der Waals surface area contributed by atoms with E-state index in [2.05, 4.69) is 9.97 Å². The van der Waals surface area contributed by atoms with Crippen molar-refractivity contribution in [3.63, 3.8) is 0 Å². The maximum absolute atomic E-state index is 5.77. The number of aryl methyl sites for hydroxylation is 1. The molecule has 0 saturated carbocycles. The zero-order valence-electron chi connectivity index (χ0n) is 8.64. The fraction of sp³-hybridized carbons (Fsp3) is 0.0909. The highest BCUT2D eigenvalue weighted by Gasteiger charge is 2.04. The molecule has 0 aliphatic carbocycles. The van der Waals surface area contributed by atoms with Crippen molar-refractivity contribution in [1.29, 1.82) is 0 Å². The van der Waals surface area contributed by atoms with Gasteiger partial charge in [0.25, 0.3) is 0 Å². The number of anilines is 1. The van der Waals surface area contributed by atoms with E-state index >= 15 is 0 Å². The maximum atomic E-state index is 5.77. The first-order chi connectivity index (χ1) is 7.65. The Morgan fingerprint density at radius 2 is 2.19 bits per heavy atom. The van der Waals surface area contributed by atoms with E-state index in [1.54, 1.807) is 30.5 Å². The summed E-state index contributed by atoms with van der Waals surface area (Å²) in [5, 5.41) is 0.302. The van der Waals surface area contributed by atoms with Gasteiger partial charge in [-0.25, -0.2) is 4.98 Å². The molecule has 5 heteroatoms. The molecule has 2 N–H and O–H groups in total. The predicted molar refractivity (Wildman–Crippen MR) is 62.7 cm³/mol. The summed E-state index contributed by atoms with van der Waals surface area (Å²) in [5.74, 6) is 0.998. The van der Waals surface area contributed by atoms with Crippen LogP contribution in [0.4, 0.5) is 5.69 Å². The van der Waals surface area contributed by atoms with Gasteiger partial charge in [0.1, 0.15) is 5.15 Å². The lowest BCUT2D eigenvalue weighted by molar-refractivity contribution is 0.457. The minimum atomic E-state index is 0.302. The van der Waals surface area contributed by atoms with E-state index in [-0.39, 0.29) is 0 Å². The van der Waals surface area contributed by atoms with Crippen molar-refractivity contribution in [3.05, 3.63) is 41.3 Å². The molecular weight excluding hydrogens is 226 g/mol. The Bertz CT molecular complexity index is 496. The third-order valence-electron chi connectivity index (χ3n) is 1.97. The van der Waals surface area contributed by atoms with Crippen LogP contribution in [0.25, 0.3) is 0 Å². The summed E-state index contributed by atoms with van der Waals surface area (Å²) in [5.41, 5.74) is 6.92. The first-order valence-electron chi connectivity index (χ1n) is 4.67. The largest absolute Gasteiger partial charge is 0.437 e. The van der Waals surface area contributed by atoms with Crippen LogP contribution in [-0.2, 0) is 0 Å². The molecule has 0 aromatic carbocycles. The second kappa shape index (κ2) is 4.37. The second-order valence-electron chi connectivity index (χ2n) is 3.25. The van der Waals surface area contributed by atoms with E-state index in [0.29, 0.717) is 22.5 Å². The van der Waals surface area contributed by atoms with Gasteiger partial charge in [-0.1, -0.05) is 11.6 Å². The molecule has 2 aromatic heterocycles. The molecule has 0 radical (unpaired) electrons. The highest BCUT2D eigenvalue weighted by atomic mass is 35.5. The lowest BCUT2D eigenvalue weighted by Gasteiger charge is -2.07. The van der Waals surface area contributed by atoms with Crippen LogP contribution in [0.2, 0.25) is 5.15 Å².